The van der Waals surface area contributed by atoms with Crippen molar-refractivity contribution in [2.75, 3.05) is 11.9 Å². The first-order valence-corrected chi connectivity index (χ1v) is 11.8. The van der Waals surface area contributed by atoms with E-state index in [9.17, 15) is 20.3 Å². The van der Waals surface area contributed by atoms with Crippen molar-refractivity contribution in [3.05, 3.63) is 82.9 Å². The maximum atomic E-state index is 11.2. The molecule has 1 aliphatic rings. The monoisotopic (exact) mass is 506 g/mol. The van der Waals surface area contributed by atoms with Gasteiger partial charge in [-0.3, -0.25) is 14.7 Å². The molecule has 1 aliphatic heterocycles. The summed E-state index contributed by atoms with van der Waals surface area (Å²) in [5.74, 6) is 0.574. The van der Waals surface area contributed by atoms with E-state index in [0.29, 0.717) is 17.0 Å². The van der Waals surface area contributed by atoms with Crippen molar-refractivity contribution >= 4 is 22.7 Å². The van der Waals surface area contributed by atoms with E-state index in [0.717, 1.165) is 12.0 Å². The number of anilines is 1. The second-order valence-electron chi connectivity index (χ2n) is 8.64. The molecule has 1 saturated heterocycles. The maximum absolute atomic E-state index is 11.2. The second kappa shape index (κ2) is 10.5. The zero-order chi connectivity index (χ0) is 25.9. The molecule has 192 valence electrons. The lowest BCUT2D eigenvalue weighted by Gasteiger charge is -2.19. The molecule has 2 aromatic carbocycles. The van der Waals surface area contributed by atoms with E-state index in [2.05, 4.69) is 27.2 Å². The summed E-state index contributed by atoms with van der Waals surface area (Å²) in [7, 11) is 0. The molecule has 1 fully saturated rings. The number of fused-ring (bicyclic) bond motifs is 1. The van der Waals surface area contributed by atoms with Gasteiger partial charge in [-0.25, -0.2) is 15.0 Å². The van der Waals surface area contributed by atoms with E-state index < -0.39 is 29.5 Å². The molecule has 0 spiro atoms. The first kappa shape index (κ1) is 24.6. The highest BCUT2D eigenvalue weighted by Gasteiger charge is 2.45. The lowest BCUT2D eigenvalue weighted by atomic mass is 10.0. The third-order valence-electron chi connectivity index (χ3n) is 6.36. The number of nitro groups is 1. The highest BCUT2D eigenvalue weighted by molar-refractivity contribution is 5.83. The number of imidazole rings is 1. The van der Waals surface area contributed by atoms with Gasteiger partial charge in [0, 0.05) is 6.07 Å². The summed E-state index contributed by atoms with van der Waals surface area (Å²) in [5, 5.41) is 36.0. The average Bonchev–Trinajstić information content (AvgIpc) is 3.47. The van der Waals surface area contributed by atoms with Crippen molar-refractivity contribution in [1.82, 2.24) is 19.5 Å². The van der Waals surface area contributed by atoms with E-state index in [1.165, 1.54) is 35.4 Å². The number of nitro benzene ring substituents is 1. The lowest BCUT2D eigenvalue weighted by molar-refractivity contribution is -0.386. The fraction of sp³-hybridized carbons (Fsp3) is 0.320. The molecule has 2 aromatic heterocycles. The molecular formula is C25H26N6O6. The predicted molar refractivity (Wildman–Crippen MR) is 133 cm³/mol. The van der Waals surface area contributed by atoms with Gasteiger partial charge in [-0.1, -0.05) is 49.4 Å². The fourth-order valence-electron chi connectivity index (χ4n) is 4.41. The van der Waals surface area contributed by atoms with Crippen LogP contribution in [0.2, 0.25) is 0 Å². The van der Waals surface area contributed by atoms with Crippen LogP contribution in [0.1, 0.15) is 31.2 Å². The molecule has 0 saturated carbocycles. The smallest absolute Gasteiger partial charge is 0.310 e. The Morgan fingerprint density at radius 3 is 2.62 bits per heavy atom. The number of hydrogen-bond acceptors (Lipinski definition) is 10. The van der Waals surface area contributed by atoms with E-state index in [1.807, 2.05) is 30.3 Å². The van der Waals surface area contributed by atoms with Crippen molar-refractivity contribution in [3.8, 4) is 5.75 Å². The minimum Gasteiger partial charge on any atom is -0.484 e. The van der Waals surface area contributed by atoms with E-state index in [-0.39, 0.29) is 24.1 Å². The van der Waals surface area contributed by atoms with Crippen LogP contribution in [-0.2, 0) is 4.74 Å². The maximum Gasteiger partial charge on any atom is 0.310 e. The van der Waals surface area contributed by atoms with Gasteiger partial charge in [-0.15, -0.1) is 0 Å². The third-order valence-corrected chi connectivity index (χ3v) is 6.36. The van der Waals surface area contributed by atoms with Crippen molar-refractivity contribution in [2.24, 2.45) is 0 Å². The highest BCUT2D eigenvalue weighted by atomic mass is 16.6. The molecule has 0 radical (unpaired) electrons. The van der Waals surface area contributed by atoms with Crippen LogP contribution in [0.5, 0.6) is 5.75 Å². The van der Waals surface area contributed by atoms with E-state index in [1.54, 1.807) is 6.07 Å². The van der Waals surface area contributed by atoms with Crippen LogP contribution < -0.4 is 10.1 Å². The average molecular weight is 507 g/mol. The van der Waals surface area contributed by atoms with Crippen molar-refractivity contribution in [2.45, 2.75) is 43.9 Å². The standard InChI is InChI=1S/C25H26N6O6/c1-2-16(15-8-4-3-5-9-15)29-23-20-24(27-13-26-23)30(14-28-20)25-22(33)21(32)19(37-25)12-36-18-11-7-6-10-17(18)31(34)35/h3-11,13-14,16,19,21-22,25,32-33H,2,12H2,1H3,(H,26,27,29)/t16-,19-,21-,22-,25-/m1/s1. The van der Waals surface area contributed by atoms with Gasteiger partial charge in [-0.2, -0.15) is 0 Å². The minimum absolute atomic E-state index is 0.00293. The van der Waals surface area contributed by atoms with Gasteiger partial charge >= 0.3 is 5.69 Å². The normalized spacial score (nSPS) is 22.1. The molecule has 0 amide bonds. The number of nitrogens with zero attached hydrogens (tertiary/aromatic N) is 5. The van der Waals surface area contributed by atoms with Crippen LogP contribution in [0.3, 0.4) is 0 Å². The molecular weight excluding hydrogens is 480 g/mol. The summed E-state index contributed by atoms with van der Waals surface area (Å²) in [6.07, 6.45) is -0.873. The molecule has 0 unspecified atom stereocenters. The third kappa shape index (κ3) is 4.81. The fourth-order valence-corrected chi connectivity index (χ4v) is 4.41. The predicted octanol–water partition coefficient (Wildman–Crippen LogP) is 3.00. The largest absolute Gasteiger partial charge is 0.484 e. The van der Waals surface area contributed by atoms with Gasteiger partial charge in [0.15, 0.2) is 29.0 Å². The Morgan fingerprint density at radius 2 is 1.86 bits per heavy atom. The van der Waals surface area contributed by atoms with Crippen LogP contribution in [0.15, 0.2) is 67.3 Å². The molecule has 0 aliphatic carbocycles. The number of para-hydroxylation sites is 2. The first-order valence-electron chi connectivity index (χ1n) is 11.8. The Kier molecular flexibility index (Phi) is 6.95. The van der Waals surface area contributed by atoms with Crippen molar-refractivity contribution in [3.63, 3.8) is 0 Å². The van der Waals surface area contributed by atoms with Gasteiger partial charge in [0.1, 0.15) is 31.2 Å². The zero-order valence-corrected chi connectivity index (χ0v) is 19.9. The molecule has 5 atom stereocenters. The number of hydrogen-bond donors (Lipinski definition) is 3. The number of rotatable bonds is 9. The summed E-state index contributed by atoms with van der Waals surface area (Å²) in [6.45, 7) is 1.86. The molecule has 5 rings (SSSR count). The van der Waals surface area contributed by atoms with E-state index >= 15 is 0 Å². The lowest BCUT2D eigenvalue weighted by Crippen LogP contribution is -2.34. The molecule has 12 heteroatoms. The summed E-state index contributed by atoms with van der Waals surface area (Å²) < 4.78 is 13.0. The quantitative estimate of drug-likeness (QED) is 0.228. The number of aliphatic hydroxyl groups is 2. The Morgan fingerprint density at radius 1 is 1.11 bits per heavy atom. The number of aliphatic hydroxyl groups excluding tert-OH is 2. The summed E-state index contributed by atoms with van der Waals surface area (Å²) >= 11 is 0. The minimum atomic E-state index is -1.31. The summed E-state index contributed by atoms with van der Waals surface area (Å²) in [6, 6.07) is 15.9. The number of benzene rings is 2. The number of ether oxygens (including phenoxy) is 2. The molecule has 37 heavy (non-hydrogen) atoms. The molecule has 4 aromatic rings. The van der Waals surface area contributed by atoms with Gasteiger partial charge < -0.3 is 25.0 Å². The van der Waals surface area contributed by atoms with Gasteiger partial charge in [0.2, 0.25) is 0 Å². The van der Waals surface area contributed by atoms with Gasteiger partial charge in [-0.05, 0) is 18.1 Å². The molecule has 0 bridgehead atoms. The van der Waals surface area contributed by atoms with Crippen LogP contribution in [0, 0.1) is 10.1 Å². The van der Waals surface area contributed by atoms with Crippen LogP contribution in [0.4, 0.5) is 11.5 Å². The first-order chi connectivity index (χ1) is 18.0. The zero-order valence-electron chi connectivity index (χ0n) is 19.9. The topological polar surface area (TPSA) is 158 Å². The second-order valence-corrected chi connectivity index (χ2v) is 8.64. The Bertz CT molecular complexity index is 1380. The van der Waals surface area contributed by atoms with Crippen LogP contribution in [0.25, 0.3) is 11.2 Å². The van der Waals surface area contributed by atoms with Crippen molar-refractivity contribution in [1.29, 1.82) is 0 Å². The molecule has 3 N–H and O–H groups in total. The van der Waals surface area contributed by atoms with Crippen molar-refractivity contribution < 1.29 is 24.6 Å². The Labute approximate surface area is 211 Å². The highest BCUT2D eigenvalue weighted by Crippen LogP contribution is 2.34. The summed E-state index contributed by atoms with van der Waals surface area (Å²) in [4.78, 5) is 23.8. The van der Waals surface area contributed by atoms with Crippen LogP contribution >= 0.6 is 0 Å². The van der Waals surface area contributed by atoms with E-state index in [4.69, 9.17) is 9.47 Å². The Balaban J connectivity index is 1.35. The number of nitrogens with one attached hydrogen (secondary N) is 1. The summed E-state index contributed by atoms with van der Waals surface area (Å²) in [5.41, 5.74) is 1.80. The Hall–Kier alpha value is -4.13. The van der Waals surface area contributed by atoms with Gasteiger partial charge in [0.05, 0.1) is 17.3 Å². The SMILES string of the molecule is CC[C@@H](Nc1ncnc2c1ncn2[C@@H]1O[C@H](COc2ccccc2[N+](=O)[O-])[C@@H](O)[C@H]1O)c1ccccc1. The van der Waals surface area contributed by atoms with Crippen LogP contribution in [-0.4, -0.2) is 59.6 Å². The van der Waals surface area contributed by atoms with Gasteiger partial charge in [0.25, 0.3) is 0 Å². The molecule has 3 heterocycles. The number of aromatic nitrogens is 4. The molecule has 12 nitrogen and oxygen atoms in total.